The molecule has 1 atom stereocenters. The maximum atomic E-state index is 11.8. The molecule has 0 bridgehead atoms. The normalized spacial score (nSPS) is 19.0. The number of hydrogen-bond acceptors (Lipinski definition) is 5. The minimum absolute atomic E-state index is 0.0532. The molecule has 1 aromatic rings. The summed E-state index contributed by atoms with van der Waals surface area (Å²) in [6.45, 7) is 0.967. The average molecular weight is 293 g/mol. The van der Waals surface area contributed by atoms with E-state index in [2.05, 4.69) is 10.6 Å². The summed E-state index contributed by atoms with van der Waals surface area (Å²) < 4.78 is 5.06. The molecule has 2 rings (SSSR count). The van der Waals surface area contributed by atoms with Crippen LogP contribution in [-0.2, 0) is 16.1 Å². The molecule has 3 amide bonds. The number of urea groups is 1. The van der Waals surface area contributed by atoms with Gasteiger partial charge in [0.1, 0.15) is 12.0 Å². The number of imide groups is 1. The summed E-state index contributed by atoms with van der Waals surface area (Å²) in [5.41, 5.74) is 0. The molecule has 0 radical (unpaired) electrons. The smallest absolute Gasteiger partial charge is 0.321 e. The summed E-state index contributed by atoms with van der Waals surface area (Å²) in [6.07, 6.45) is 5.09. The molecule has 0 aromatic carbocycles. The summed E-state index contributed by atoms with van der Waals surface area (Å²) in [7, 11) is 0. The van der Waals surface area contributed by atoms with Crippen molar-refractivity contribution in [2.75, 3.05) is 13.1 Å². The van der Waals surface area contributed by atoms with E-state index >= 15 is 0 Å². The van der Waals surface area contributed by atoms with Gasteiger partial charge in [-0.1, -0.05) is 6.42 Å². The maximum absolute atomic E-state index is 11.8. The Hall–Kier alpha value is -2.15. The summed E-state index contributed by atoms with van der Waals surface area (Å²) in [6, 6.07) is 2.65. The van der Waals surface area contributed by atoms with Crippen LogP contribution >= 0.6 is 0 Å². The molecular weight excluding hydrogens is 274 g/mol. The number of amides is 3. The Morgan fingerprint density at radius 3 is 3.00 bits per heavy atom. The molecule has 0 spiro atoms. The van der Waals surface area contributed by atoms with Gasteiger partial charge in [0, 0.05) is 0 Å². The fraction of sp³-hybridized carbons (Fsp3) is 0.500. The lowest BCUT2D eigenvalue weighted by Gasteiger charge is -2.31. The molecule has 1 aliphatic rings. The molecule has 2 heterocycles. The fourth-order valence-corrected chi connectivity index (χ4v) is 2.34. The zero-order valence-corrected chi connectivity index (χ0v) is 11.7. The largest absolute Gasteiger partial charge is 0.467 e. The Morgan fingerprint density at radius 2 is 2.29 bits per heavy atom. The Kier molecular flexibility index (Phi) is 5.51. The van der Waals surface area contributed by atoms with E-state index in [9.17, 15) is 14.4 Å². The average Bonchev–Trinajstić information content (AvgIpc) is 2.99. The summed E-state index contributed by atoms with van der Waals surface area (Å²) in [5.74, 6) is 0.190. The van der Waals surface area contributed by atoms with Crippen molar-refractivity contribution in [1.82, 2.24) is 15.5 Å². The highest BCUT2D eigenvalue weighted by Crippen LogP contribution is 2.14. The maximum Gasteiger partial charge on any atom is 0.321 e. The van der Waals surface area contributed by atoms with Gasteiger partial charge in [-0.2, -0.15) is 0 Å². The van der Waals surface area contributed by atoms with Crippen LogP contribution in [0, 0.1) is 0 Å². The van der Waals surface area contributed by atoms with Crippen molar-refractivity contribution in [2.24, 2.45) is 0 Å². The van der Waals surface area contributed by atoms with Crippen LogP contribution in [0.2, 0.25) is 0 Å². The van der Waals surface area contributed by atoms with Crippen LogP contribution in [0.1, 0.15) is 25.0 Å². The Balaban J connectivity index is 1.72. The second-order valence-electron chi connectivity index (χ2n) is 4.98. The van der Waals surface area contributed by atoms with Crippen molar-refractivity contribution in [3.8, 4) is 0 Å². The fourth-order valence-electron chi connectivity index (χ4n) is 2.34. The van der Waals surface area contributed by atoms with Crippen molar-refractivity contribution < 1.29 is 18.8 Å². The van der Waals surface area contributed by atoms with Crippen LogP contribution in [0.4, 0.5) is 4.79 Å². The summed E-state index contributed by atoms with van der Waals surface area (Å²) >= 11 is 0. The quantitative estimate of drug-likeness (QED) is 0.778. The first kappa shape index (κ1) is 15.2. The monoisotopic (exact) mass is 293 g/mol. The van der Waals surface area contributed by atoms with E-state index in [0.717, 1.165) is 25.5 Å². The Morgan fingerprint density at radius 1 is 1.43 bits per heavy atom. The lowest BCUT2D eigenvalue weighted by atomic mass is 10.0. The number of carbonyl (C=O) groups excluding carboxylic acids is 3. The number of piperidine rings is 1. The van der Waals surface area contributed by atoms with Gasteiger partial charge in [0.2, 0.25) is 5.91 Å². The van der Waals surface area contributed by atoms with E-state index in [1.807, 2.05) is 0 Å². The van der Waals surface area contributed by atoms with Crippen molar-refractivity contribution in [1.29, 1.82) is 0 Å². The minimum atomic E-state index is -0.573. The Bertz CT molecular complexity index is 486. The molecule has 0 aliphatic carbocycles. The molecule has 1 saturated heterocycles. The van der Waals surface area contributed by atoms with E-state index in [-0.39, 0.29) is 19.1 Å². The topological polar surface area (TPSA) is 91.7 Å². The molecule has 7 heteroatoms. The standard InChI is InChI=1S/C14H19N3O4/c18-10-11-4-1-2-6-17(11)9-13(19)16-14(20)15-8-12-5-3-7-21-12/h3,5,7,10-11H,1-2,4,6,8-9H2,(H2,15,16,19,20). The highest BCUT2D eigenvalue weighted by atomic mass is 16.3. The van der Waals surface area contributed by atoms with Gasteiger partial charge in [0.25, 0.3) is 0 Å². The first-order chi connectivity index (χ1) is 10.2. The van der Waals surface area contributed by atoms with Gasteiger partial charge in [-0.15, -0.1) is 0 Å². The number of carbonyl (C=O) groups is 3. The van der Waals surface area contributed by atoms with Crippen LogP contribution in [0.15, 0.2) is 22.8 Å². The first-order valence-electron chi connectivity index (χ1n) is 6.98. The van der Waals surface area contributed by atoms with Crippen molar-refractivity contribution >= 4 is 18.2 Å². The molecule has 1 aromatic heterocycles. The SMILES string of the molecule is O=CC1CCCCN1CC(=O)NC(=O)NCc1ccco1. The van der Waals surface area contributed by atoms with E-state index in [4.69, 9.17) is 4.42 Å². The predicted octanol–water partition coefficient (Wildman–Crippen LogP) is 0.659. The van der Waals surface area contributed by atoms with Crippen LogP contribution in [-0.4, -0.2) is 42.3 Å². The molecule has 7 nitrogen and oxygen atoms in total. The van der Waals surface area contributed by atoms with Crippen molar-refractivity contribution in [3.63, 3.8) is 0 Å². The minimum Gasteiger partial charge on any atom is -0.467 e. The third-order valence-electron chi connectivity index (χ3n) is 3.42. The van der Waals surface area contributed by atoms with Crippen LogP contribution in [0.25, 0.3) is 0 Å². The number of hydrogen-bond donors (Lipinski definition) is 2. The molecule has 21 heavy (non-hydrogen) atoms. The molecule has 1 unspecified atom stereocenters. The number of likely N-dealkylation sites (tertiary alicyclic amines) is 1. The van der Waals surface area contributed by atoms with E-state index in [1.165, 1.54) is 6.26 Å². The number of furan rings is 1. The number of nitrogens with zero attached hydrogens (tertiary/aromatic N) is 1. The summed E-state index contributed by atoms with van der Waals surface area (Å²) in [4.78, 5) is 36.1. The lowest BCUT2D eigenvalue weighted by molar-refractivity contribution is -0.123. The second-order valence-corrected chi connectivity index (χ2v) is 4.98. The van der Waals surface area contributed by atoms with Crippen LogP contribution in [0.3, 0.4) is 0 Å². The van der Waals surface area contributed by atoms with Crippen molar-refractivity contribution in [2.45, 2.75) is 31.8 Å². The highest BCUT2D eigenvalue weighted by molar-refractivity contribution is 5.95. The van der Waals surface area contributed by atoms with Gasteiger partial charge in [-0.3, -0.25) is 15.0 Å². The van der Waals surface area contributed by atoms with Crippen LogP contribution in [0.5, 0.6) is 0 Å². The predicted molar refractivity (Wildman–Crippen MR) is 74.4 cm³/mol. The summed E-state index contributed by atoms with van der Waals surface area (Å²) in [5, 5.41) is 4.77. The van der Waals surface area contributed by atoms with Crippen LogP contribution < -0.4 is 10.6 Å². The van der Waals surface area contributed by atoms with Gasteiger partial charge in [-0.05, 0) is 31.5 Å². The van der Waals surface area contributed by atoms with Crippen molar-refractivity contribution in [3.05, 3.63) is 24.2 Å². The number of aldehydes is 1. The third-order valence-corrected chi connectivity index (χ3v) is 3.42. The van der Waals surface area contributed by atoms with Gasteiger partial charge in [0.05, 0.1) is 25.4 Å². The molecule has 1 aliphatic heterocycles. The van der Waals surface area contributed by atoms with E-state index < -0.39 is 11.9 Å². The number of rotatable bonds is 5. The molecule has 114 valence electrons. The Labute approximate surface area is 122 Å². The lowest BCUT2D eigenvalue weighted by Crippen LogP contribution is -2.49. The zero-order chi connectivity index (χ0) is 15.1. The highest BCUT2D eigenvalue weighted by Gasteiger charge is 2.24. The van der Waals surface area contributed by atoms with Gasteiger partial charge in [0.15, 0.2) is 0 Å². The molecule has 1 fully saturated rings. The molecule has 2 N–H and O–H groups in total. The van der Waals surface area contributed by atoms with E-state index in [1.54, 1.807) is 17.0 Å². The van der Waals surface area contributed by atoms with E-state index in [0.29, 0.717) is 12.3 Å². The van der Waals surface area contributed by atoms with Gasteiger partial charge < -0.3 is 14.5 Å². The van der Waals surface area contributed by atoms with Gasteiger partial charge >= 0.3 is 6.03 Å². The first-order valence-corrected chi connectivity index (χ1v) is 6.98. The molecule has 0 saturated carbocycles. The van der Waals surface area contributed by atoms with Gasteiger partial charge in [-0.25, -0.2) is 4.79 Å². The second kappa shape index (κ2) is 7.58. The zero-order valence-electron chi connectivity index (χ0n) is 11.7. The third kappa shape index (κ3) is 4.71. The number of nitrogens with one attached hydrogen (secondary N) is 2. The molecular formula is C14H19N3O4.